The van der Waals surface area contributed by atoms with Crippen LogP contribution < -0.4 is 5.63 Å². The summed E-state index contributed by atoms with van der Waals surface area (Å²) < 4.78 is 36.5. The summed E-state index contributed by atoms with van der Waals surface area (Å²) in [6.07, 6.45) is 0. The number of hydroxylamine groups is 1. The van der Waals surface area contributed by atoms with Crippen LogP contribution in [-0.4, -0.2) is 33.0 Å². The number of hydrogen-bond acceptors (Lipinski definition) is 7. The van der Waals surface area contributed by atoms with E-state index in [2.05, 4.69) is 0 Å². The van der Waals surface area contributed by atoms with Gasteiger partial charge in [-0.25, -0.2) is 18.0 Å². The Morgan fingerprint density at radius 1 is 1.09 bits per heavy atom. The van der Waals surface area contributed by atoms with Gasteiger partial charge in [0, 0.05) is 24.1 Å². The van der Waals surface area contributed by atoms with Crippen LogP contribution in [0, 0.1) is 0 Å². The fraction of sp³-hybridized carbons (Fsp3) is 0.130. The lowest BCUT2D eigenvalue weighted by atomic mass is 10.0. The van der Waals surface area contributed by atoms with Gasteiger partial charge < -0.3 is 9.15 Å². The topological polar surface area (TPSA) is 103 Å². The summed E-state index contributed by atoms with van der Waals surface area (Å²) in [5, 5.41) is 2.35. The normalized spacial score (nSPS) is 11.9. The molecule has 8 nitrogen and oxygen atoms in total. The Bertz CT molecular complexity index is 1550. The second-order valence-corrected chi connectivity index (χ2v) is 9.38. The molecule has 0 fully saturated rings. The first kappa shape index (κ1) is 22.9. The van der Waals surface area contributed by atoms with Gasteiger partial charge >= 0.3 is 11.6 Å². The van der Waals surface area contributed by atoms with Crippen LogP contribution in [0.5, 0.6) is 0 Å². The van der Waals surface area contributed by atoms with Crippen LogP contribution in [0.4, 0.5) is 0 Å². The molecule has 33 heavy (non-hydrogen) atoms. The number of nitrogens with zero attached hydrogens (tertiary/aromatic N) is 1. The van der Waals surface area contributed by atoms with Crippen molar-refractivity contribution in [2.75, 3.05) is 14.2 Å². The summed E-state index contributed by atoms with van der Waals surface area (Å²) in [5.74, 6) is -0.787. The maximum Gasteiger partial charge on any atom is 0.338 e. The molecular formula is C23H18ClNO7S. The molecule has 0 N–H and O–H groups in total. The van der Waals surface area contributed by atoms with E-state index in [-0.39, 0.29) is 22.1 Å². The van der Waals surface area contributed by atoms with Crippen molar-refractivity contribution in [2.24, 2.45) is 0 Å². The number of sulfonamides is 1. The number of carbonyl (C=O) groups is 1. The number of fused-ring (bicyclic) bond motifs is 3. The second kappa shape index (κ2) is 8.95. The average Bonchev–Trinajstić information content (AvgIpc) is 2.81. The number of benzene rings is 3. The molecule has 0 aliphatic carbocycles. The summed E-state index contributed by atoms with van der Waals surface area (Å²) in [6.45, 7) is -0.225. The largest absolute Gasteiger partial charge is 0.457 e. The minimum atomic E-state index is -4.08. The standard InChI is InChI=1S/C23H18ClNO7S/c1-25(30-2)33(28,29)20-11-15(7-9-18(20)24)23(27)31-13-16-12-21(26)32-19-10-8-14-5-3-4-6-17(14)22(16)19/h3-12H,13H2,1-2H3. The van der Waals surface area contributed by atoms with Crippen molar-refractivity contribution in [1.82, 2.24) is 4.47 Å². The molecule has 0 atom stereocenters. The van der Waals surface area contributed by atoms with Gasteiger partial charge in [-0.05, 0) is 35.0 Å². The number of carbonyl (C=O) groups excluding carboxylic acids is 1. The van der Waals surface area contributed by atoms with Gasteiger partial charge in [-0.15, -0.1) is 0 Å². The van der Waals surface area contributed by atoms with Gasteiger partial charge in [0.1, 0.15) is 17.1 Å². The zero-order valence-electron chi connectivity index (χ0n) is 17.6. The van der Waals surface area contributed by atoms with Crippen LogP contribution in [0.2, 0.25) is 5.02 Å². The molecule has 0 amide bonds. The molecule has 0 radical (unpaired) electrons. The van der Waals surface area contributed by atoms with Gasteiger partial charge in [0.15, 0.2) is 0 Å². The second-order valence-electron chi connectivity index (χ2n) is 7.07. The summed E-state index contributed by atoms with van der Waals surface area (Å²) in [5.41, 5.74) is 0.230. The van der Waals surface area contributed by atoms with Gasteiger partial charge in [0.25, 0.3) is 10.0 Å². The third-order valence-corrected chi connectivity index (χ3v) is 7.27. The Morgan fingerprint density at radius 3 is 2.61 bits per heavy atom. The van der Waals surface area contributed by atoms with Crippen molar-refractivity contribution in [3.63, 3.8) is 0 Å². The molecule has 0 unspecified atom stereocenters. The van der Waals surface area contributed by atoms with E-state index in [1.54, 1.807) is 6.07 Å². The third-order valence-electron chi connectivity index (χ3n) is 5.11. The molecule has 0 saturated carbocycles. The quantitative estimate of drug-likeness (QED) is 0.174. The van der Waals surface area contributed by atoms with Crippen molar-refractivity contribution in [3.8, 4) is 0 Å². The third kappa shape index (κ3) is 4.36. The highest BCUT2D eigenvalue weighted by Gasteiger charge is 2.25. The summed E-state index contributed by atoms with van der Waals surface area (Å²) in [4.78, 5) is 29.2. The summed E-state index contributed by atoms with van der Waals surface area (Å²) in [6, 6.07) is 16.1. The van der Waals surface area contributed by atoms with Crippen molar-refractivity contribution in [2.45, 2.75) is 11.5 Å². The zero-order valence-corrected chi connectivity index (χ0v) is 19.1. The number of esters is 1. The fourth-order valence-electron chi connectivity index (χ4n) is 3.43. The molecule has 4 rings (SSSR count). The Labute approximate surface area is 193 Å². The highest BCUT2D eigenvalue weighted by atomic mass is 35.5. The van der Waals surface area contributed by atoms with E-state index < -0.39 is 21.6 Å². The van der Waals surface area contributed by atoms with Crippen molar-refractivity contribution < 1.29 is 27.2 Å². The maximum atomic E-state index is 12.7. The number of halogens is 1. The highest BCUT2D eigenvalue weighted by molar-refractivity contribution is 7.89. The van der Waals surface area contributed by atoms with Crippen LogP contribution in [0.1, 0.15) is 15.9 Å². The molecule has 0 saturated heterocycles. The van der Waals surface area contributed by atoms with E-state index in [1.807, 2.05) is 30.3 Å². The number of hydrogen-bond donors (Lipinski definition) is 0. The van der Waals surface area contributed by atoms with Crippen LogP contribution in [0.25, 0.3) is 21.7 Å². The van der Waals surface area contributed by atoms with E-state index >= 15 is 0 Å². The maximum absolute atomic E-state index is 12.7. The predicted octanol–water partition coefficient (Wildman–Crippen LogP) is 4.14. The molecule has 1 heterocycles. The lowest BCUT2D eigenvalue weighted by Crippen LogP contribution is -2.26. The van der Waals surface area contributed by atoms with Gasteiger partial charge in [0.05, 0.1) is 17.7 Å². The zero-order chi connectivity index (χ0) is 23.8. The highest BCUT2D eigenvalue weighted by Crippen LogP contribution is 2.29. The van der Waals surface area contributed by atoms with Crippen molar-refractivity contribution in [3.05, 3.63) is 87.2 Å². The lowest BCUT2D eigenvalue weighted by molar-refractivity contribution is -0.0258. The molecular weight excluding hydrogens is 470 g/mol. The molecule has 4 aromatic rings. The monoisotopic (exact) mass is 487 g/mol. The SMILES string of the molecule is CON(C)S(=O)(=O)c1cc(C(=O)OCc2cc(=O)oc3ccc4ccccc4c23)ccc1Cl. The molecule has 1 aromatic heterocycles. The summed E-state index contributed by atoms with van der Waals surface area (Å²) in [7, 11) is -1.69. The van der Waals surface area contributed by atoms with Crippen molar-refractivity contribution in [1.29, 1.82) is 0 Å². The predicted molar refractivity (Wildman–Crippen MR) is 123 cm³/mol. The molecule has 10 heteroatoms. The minimum absolute atomic E-state index is 0.0281. The number of rotatable bonds is 6. The van der Waals surface area contributed by atoms with E-state index in [4.69, 9.17) is 25.6 Å². The van der Waals surface area contributed by atoms with Crippen LogP contribution in [0.3, 0.4) is 0 Å². The number of ether oxygens (including phenoxy) is 1. The Hall–Kier alpha value is -3.24. The Morgan fingerprint density at radius 2 is 1.85 bits per heavy atom. The average molecular weight is 488 g/mol. The first-order chi connectivity index (χ1) is 15.7. The van der Waals surface area contributed by atoms with E-state index in [0.29, 0.717) is 21.0 Å². The smallest absolute Gasteiger partial charge is 0.338 e. The molecule has 170 valence electrons. The fourth-order valence-corrected chi connectivity index (χ4v) is 4.90. The van der Waals surface area contributed by atoms with Crippen molar-refractivity contribution >= 4 is 49.3 Å². The van der Waals surface area contributed by atoms with E-state index in [1.165, 1.54) is 32.4 Å². The van der Waals surface area contributed by atoms with Crippen LogP contribution >= 0.6 is 11.6 Å². The first-order valence-electron chi connectivity index (χ1n) is 9.66. The van der Waals surface area contributed by atoms with Gasteiger partial charge in [-0.2, -0.15) is 0 Å². The van der Waals surface area contributed by atoms with Gasteiger partial charge in [0.2, 0.25) is 0 Å². The molecule has 0 spiro atoms. The lowest BCUT2D eigenvalue weighted by Gasteiger charge is -2.15. The van der Waals surface area contributed by atoms with E-state index in [9.17, 15) is 18.0 Å². The minimum Gasteiger partial charge on any atom is -0.457 e. The molecule has 0 bridgehead atoms. The van der Waals surface area contributed by atoms with Gasteiger partial charge in [-0.3, -0.25) is 4.84 Å². The molecule has 0 aliphatic heterocycles. The van der Waals surface area contributed by atoms with Crippen LogP contribution in [0.15, 0.2) is 74.8 Å². The molecule has 0 aliphatic rings. The van der Waals surface area contributed by atoms with Gasteiger partial charge in [-0.1, -0.05) is 46.4 Å². The van der Waals surface area contributed by atoms with E-state index in [0.717, 1.165) is 16.8 Å². The Balaban J connectivity index is 1.69. The summed E-state index contributed by atoms with van der Waals surface area (Å²) >= 11 is 6.04. The van der Waals surface area contributed by atoms with Crippen LogP contribution in [-0.2, 0) is 26.2 Å². The Kier molecular flexibility index (Phi) is 6.22. The first-order valence-corrected chi connectivity index (χ1v) is 11.5. The molecule has 3 aromatic carbocycles.